The fourth-order valence-corrected chi connectivity index (χ4v) is 2.12. The van der Waals surface area contributed by atoms with Gasteiger partial charge in [-0.05, 0) is 31.9 Å². The first-order valence-corrected chi connectivity index (χ1v) is 7.01. The summed E-state index contributed by atoms with van der Waals surface area (Å²) in [6.07, 6.45) is 3.42. The Bertz CT molecular complexity index is 563. The molecule has 1 unspecified atom stereocenters. The van der Waals surface area contributed by atoms with Gasteiger partial charge in [-0.3, -0.25) is 4.79 Å². The number of aromatic nitrogens is 2. The molecule has 20 heavy (non-hydrogen) atoms. The molecule has 1 heterocycles. The fraction of sp³-hybridized carbons (Fsp3) is 0.467. The molecule has 1 aromatic carbocycles. The topological polar surface area (TPSA) is 67.2 Å². The molecule has 1 atom stereocenters. The quantitative estimate of drug-likeness (QED) is 0.756. The summed E-state index contributed by atoms with van der Waals surface area (Å²) in [6, 6.07) is 7.88. The van der Waals surface area contributed by atoms with Gasteiger partial charge in [0.05, 0.1) is 23.5 Å². The first kappa shape index (κ1) is 14.5. The van der Waals surface area contributed by atoms with Gasteiger partial charge in [0.1, 0.15) is 0 Å². The van der Waals surface area contributed by atoms with Gasteiger partial charge in [-0.25, -0.2) is 4.98 Å². The first-order chi connectivity index (χ1) is 9.66. The number of hydrogen-bond acceptors (Lipinski definition) is 3. The van der Waals surface area contributed by atoms with Gasteiger partial charge < -0.3 is 15.0 Å². The van der Waals surface area contributed by atoms with Crippen molar-refractivity contribution in [2.75, 3.05) is 6.54 Å². The number of imidazole rings is 1. The molecule has 0 saturated heterocycles. The maximum Gasteiger partial charge on any atom is 0.221 e. The van der Waals surface area contributed by atoms with E-state index in [-0.39, 0.29) is 12.0 Å². The van der Waals surface area contributed by atoms with Gasteiger partial charge in [0, 0.05) is 19.5 Å². The third-order valence-corrected chi connectivity index (χ3v) is 3.23. The predicted octanol–water partition coefficient (Wildman–Crippen LogP) is 1.70. The summed E-state index contributed by atoms with van der Waals surface area (Å²) in [7, 11) is 0. The van der Waals surface area contributed by atoms with E-state index >= 15 is 0 Å². The monoisotopic (exact) mass is 275 g/mol. The van der Waals surface area contributed by atoms with Gasteiger partial charge in [-0.15, -0.1) is 0 Å². The molecule has 1 aromatic heterocycles. The van der Waals surface area contributed by atoms with Crippen LogP contribution in [0.15, 0.2) is 30.6 Å². The molecule has 0 aliphatic carbocycles. The van der Waals surface area contributed by atoms with Crippen molar-refractivity contribution in [2.45, 2.75) is 38.8 Å². The summed E-state index contributed by atoms with van der Waals surface area (Å²) in [5.41, 5.74) is 2.00. The maximum atomic E-state index is 11.7. The van der Waals surface area contributed by atoms with E-state index in [1.54, 1.807) is 13.3 Å². The number of aliphatic hydroxyl groups is 1. The Balaban J connectivity index is 1.76. The Morgan fingerprint density at radius 2 is 2.25 bits per heavy atom. The zero-order chi connectivity index (χ0) is 14.4. The molecule has 0 radical (unpaired) electrons. The van der Waals surface area contributed by atoms with Crippen LogP contribution in [0.2, 0.25) is 0 Å². The number of aliphatic hydroxyl groups excluding tert-OH is 1. The number of rotatable bonds is 7. The van der Waals surface area contributed by atoms with Gasteiger partial charge in [0.25, 0.3) is 0 Å². The van der Waals surface area contributed by atoms with Crippen molar-refractivity contribution in [3.8, 4) is 0 Å². The van der Waals surface area contributed by atoms with Crippen LogP contribution in [-0.2, 0) is 11.3 Å². The summed E-state index contributed by atoms with van der Waals surface area (Å²) < 4.78 is 1.99. The minimum Gasteiger partial charge on any atom is -0.393 e. The molecule has 108 valence electrons. The summed E-state index contributed by atoms with van der Waals surface area (Å²) in [6.45, 7) is 3.00. The molecule has 0 spiro atoms. The molecule has 1 amide bonds. The number of benzene rings is 1. The second-order valence-corrected chi connectivity index (χ2v) is 5.02. The zero-order valence-corrected chi connectivity index (χ0v) is 11.7. The van der Waals surface area contributed by atoms with Gasteiger partial charge in [0.2, 0.25) is 5.91 Å². The second kappa shape index (κ2) is 7.05. The van der Waals surface area contributed by atoms with Crippen molar-refractivity contribution >= 4 is 16.9 Å². The van der Waals surface area contributed by atoms with Crippen LogP contribution in [0.5, 0.6) is 0 Å². The molecule has 0 aliphatic rings. The number of fused-ring (bicyclic) bond motifs is 1. The Morgan fingerprint density at radius 1 is 1.45 bits per heavy atom. The normalized spacial score (nSPS) is 12.5. The highest BCUT2D eigenvalue weighted by Crippen LogP contribution is 2.11. The maximum absolute atomic E-state index is 11.7. The van der Waals surface area contributed by atoms with Crippen LogP contribution in [0.3, 0.4) is 0 Å². The number of hydrogen-bond donors (Lipinski definition) is 2. The number of nitrogens with zero attached hydrogens (tertiary/aromatic N) is 2. The first-order valence-electron chi connectivity index (χ1n) is 7.01. The summed E-state index contributed by atoms with van der Waals surface area (Å²) in [5, 5.41) is 12.0. The van der Waals surface area contributed by atoms with Crippen molar-refractivity contribution in [2.24, 2.45) is 0 Å². The van der Waals surface area contributed by atoms with Gasteiger partial charge >= 0.3 is 0 Å². The van der Waals surface area contributed by atoms with E-state index in [2.05, 4.69) is 10.3 Å². The van der Waals surface area contributed by atoms with Crippen molar-refractivity contribution in [3.63, 3.8) is 0 Å². The minimum atomic E-state index is -0.302. The average molecular weight is 275 g/mol. The van der Waals surface area contributed by atoms with E-state index in [4.69, 9.17) is 5.11 Å². The number of para-hydroxylation sites is 2. The zero-order valence-electron chi connectivity index (χ0n) is 11.7. The average Bonchev–Trinajstić information content (AvgIpc) is 2.84. The number of carbonyl (C=O) groups excluding carboxylic acids is 1. The molecule has 0 aliphatic heterocycles. The number of nitrogens with one attached hydrogen (secondary N) is 1. The van der Waals surface area contributed by atoms with Gasteiger partial charge in [-0.1, -0.05) is 12.1 Å². The van der Waals surface area contributed by atoms with Crippen molar-refractivity contribution in [1.82, 2.24) is 14.9 Å². The molecule has 2 rings (SSSR count). The van der Waals surface area contributed by atoms with E-state index in [1.165, 1.54) is 0 Å². The summed E-state index contributed by atoms with van der Waals surface area (Å²) >= 11 is 0. The lowest BCUT2D eigenvalue weighted by Gasteiger charge is -2.07. The summed E-state index contributed by atoms with van der Waals surface area (Å²) in [4.78, 5) is 16.0. The molecule has 0 bridgehead atoms. The second-order valence-electron chi connectivity index (χ2n) is 5.02. The van der Waals surface area contributed by atoms with E-state index in [1.807, 2.05) is 28.8 Å². The fourth-order valence-electron chi connectivity index (χ4n) is 2.12. The molecule has 5 heteroatoms. The van der Waals surface area contributed by atoms with Crippen LogP contribution >= 0.6 is 0 Å². The molecule has 2 aromatic rings. The van der Waals surface area contributed by atoms with E-state index < -0.39 is 0 Å². The lowest BCUT2D eigenvalue weighted by Crippen LogP contribution is -2.25. The summed E-state index contributed by atoms with van der Waals surface area (Å²) in [5.74, 6) is 0.0355. The Morgan fingerprint density at radius 3 is 3.05 bits per heavy atom. The molecule has 0 saturated carbocycles. The van der Waals surface area contributed by atoms with Crippen LogP contribution < -0.4 is 5.32 Å². The SMILES string of the molecule is CC(O)CCCNC(=O)CCn1cnc2ccccc21. The van der Waals surface area contributed by atoms with Crippen LogP contribution in [0, 0.1) is 0 Å². The minimum absolute atomic E-state index is 0.0355. The van der Waals surface area contributed by atoms with Crippen molar-refractivity contribution in [3.05, 3.63) is 30.6 Å². The molecule has 2 N–H and O–H groups in total. The highest BCUT2D eigenvalue weighted by Gasteiger charge is 2.05. The van der Waals surface area contributed by atoms with E-state index in [0.29, 0.717) is 25.9 Å². The third kappa shape index (κ3) is 4.06. The van der Waals surface area contributed by atoms with Crippen molar-refractivity contribution in [1.29, 1.82) is 0 Å². The largest absolute Gasteiger partial charge is 0.393 e. The number of carbonyl (C=O) groups is 1. The highest BCUT2D eigenvalue weighted by atomic mass is 16.3. The lowest BCUT2D eigenvalue weighted by atomic mass is 10.2. The standard InChI is InChI=1S/C15H21N3O2/c1-12(19)5-4-9-16-15(20)8-10-18-11-17-13-6-2-3-7-14(13)18/h2-3,6-7,11-12,19H,4-5,8-10H2,1H3,(H,16,20). The number of aryl methyl sites for hydroxylation is 1. The van der Waals surface area contributed by atoms with Crippen LogP contribution in [0.4, 0.5) is 0 Å². The van der Waals surface area contributed by atoms with Crippen molar-refractivity contribution < 1.29 is 9.90 Å². The molecule has 5 nitrogen and oxygen atoms in total. The molecule has 0 fully saturated rings. The highest BCUT2D eigenvalue weighted by molar-refractivity contribution is 5.77. The van der Waals surface area contributed by atoms with E-state index in [0.717, 1.165) is 17.5 Å². The smallest absolute Gasteiger partial charge is 0.221 e. The Labute approximate surface area is 118 Å². The Kier molecular flexibility index (Phi) is 5.12. The van der Waals surface area contributed by atoms with Gasteiger partial charge in [-0.2, -0.15) is 0 Å². The third-order valence-electron chi connectivity index (χ3n) is 3.23. The molecular weight excluding hydrogens is 254 g/mol. The van der Waals surface area contributed by atoms with Crippen LogP contribution in [-0.4, -0.2) is 33.2 Å². The van der Waals surface area contributed by atoms with Crippen LogP contribution in [0.25, 0.3) is 11.0 Å². The predicted molar refractivity (Wildman–Crippen MR) is 78.3 cm³/mol. The number of amides is 1. The lowest BCUT2D eigenvalue weighted by molar-refractivity contribution is -0.121. The molecular formula is C15H21N3O2. The van der Waals surface area contributed by atoms with Gasteiger partial charge in [0.15, 0.2) is 0 Å². The Hall–Kier alpha value is -1.88. The van der Waals surface area contributed by atoms with Crippen LogP contribution in [0.1, 0.15) is 26.2 Å². The van der Waals surface area contributed by atoms with E-state index in [9.17, 15) is 4.79 Å².